The van der Waals surface area contributed by atoms with Crippen molar-refractivity contribution in [1.29, 1.82) is 0 Å². The molecule has 0 radical (unpaired) electrons. The van der Waals surface area contributed by atoms with Crippen LogP contribution in [-0.2, 0) is 24.1 Å². The lowest BCUT2D eigenvalue weighted by Crippen LogP contribution is -2.10. The third kappa shape index (κ3) is 2.78. The Bertz CT molecular complexity index is 667. The Morgan fingerprint density at radius 3 is 2.48 bits per heavy atom. The molecule has 1 aliphatic rings. The van der Waals surface area contributed by atoms with Gasteiger partial charge in [0.15, 0.2) is 0 Å². The largest absolute Gasteiger partial charge is 0.416 e. The molecule has 0 spiro atoms. The Labute approximate surface area is 125 Å². The predicted molar refractivity (Wildman–Crippen MR) is 74.1 cm³/mol. The highest BCUT2D eigenvalue weighted by molar-refractivity contribution is 6.22. The van der Waals surface area contributed by atoms with E-state index in [1.54, 1.807) is 12.1 Å². The first-order chi connectivity index (χ1) is 9.97. The molecule has 1 unspecified atom stereocenters. The van der Waals surface area contributed by atoms with E-state index in [1.807, 2.05) is 12.1 Å². The van der Waals surface area contributed by atoms with Gasteiger partial charge in [-0.1, -0.05) is 36.4 Å². The number of hydrogen-bond acceptors (Lipinski definition) is 1. The summed E-state index contributed by atoms with van der Waals surface area (Å²) in [4.78, 5) is 0. The van der Waals surface area contributed by atoms with Gasteiger partial charge < -0.3 is 4.74 Å². The van der Waals surface area contributed by atoms with Gasteiger partial charge in [-0.05, 0) is 28.3 Å². The van der Waals surface area contributed by atoms with E-state index in [1.165, 1.54) is 12.1 Å². The highest BCUT2D eigenvalue weighted by Crippen LogP contribution is 2.39. The highest BCUT2D eigenvalue weighted by atomic mass is 35.5. The van der Waals surface area contributed by atoms with E-state index in [4.69, 9.17) is 16.3 Å². The van der Waals surface area contributed by atoms with Gasteiger partial charge in [-0.3, -0.25) is 0 Å². The van der Waals surface area contributed by atoms with Crippen molar-refractivity contribution in [2.45, 2.75) is 24.8 Å². The van der Waals surface area contributed by atoms with Crippen molar-refractivity contribution in [3.63, 3.8) is 0 Å². The van der Waals surface area contributed by atoms with Crippen LogP contribution in [0.2, 0.25) is 0 Å². The van der Waals surface area contributed by atoms with Gasteiger partial charge in [-0.15, -0.1) is 11.6 Å². The van der Waals surface area contributed by atoms with Gasteiger partial charge in [0.25, 0.3) is 0 Å². The first kappa shape index (κ1) is 14.4. The lowest BCUT2D eigenvalue weighted by atomic mass is 9.96. The Morgan fingerprint density at radius 2 is 1.71 bits per heavy atom. The molecule has 0 aromatic heterocycles. The van der Waals surface area contributed by atoms with Crippen LogP contribution in [0.25, 0.3) is 0 Å². The molecular formula is C16H12ClF3O. The maximum Gasteiger partial charge on any atom is 0.416 e. The van der Waals surface area contributed by atoms with Crippen LogP contribution in [0.4, 0.5) is 13.2 Å². The third-order valence-corrected chi connectivity index (χ3v) is 4.06. The summed E-state index contributed by atoms with van der Waals surface area (Å²) in [5.74, 6) is 0. The molecule has 0 saturated heterocycles. The number of hydrogen-bond donors (Lipinski definition) is 0. The molecule has 0 N–H and O–H groups in total. The van der Waals surface area contributed by atoms with E-state index in [0.717, 1.165) is 17.2 Å². The lowest BCUT2D eigenvalue weighted by Gasteiger charge is -2.17. The predicted octanol–water partition coefficient (Wildman–Crippen LogP) is 5.06. The van der Waals surface area contributed by atoms with Crippen molar-refractivity contribution >= 4 is 11.6 Å². The van der Waals surface area contributed by atoms with Crippen LogP contribution in [0.3, 0.4) is 0 Å². The summed E-state index contributed by atoms with van der Waals surface area (Å²) in [6.07, 6.45) is -4.41. The van der Waals surface area contributed by atoms with Crippen LogP contribution < -0.4 is 0 Å². The van der Waals surface area contributed by atoms with Gasteiger partial charge in [0.2, 0.25) is 0 Å². The number of rotatable bonds is 2. The average molecular weight is 313 g/mol. The van der Waals surface area contributed by atoms with Gasteiger partial charge in [0.05, 0.1) is 24.2 Å². The lowest BCUT2D eigenvalue weighted by molar-refractivity contribution is -0.138. The number of fused-ring (bicyclic) bond motifs is 1. The van der Waals surface area contributed by atoms with Crippen LogP contribution in [-0.4, -0.2) is 0 Å². The zero-order valence-corrected chi connectivity index (χ0v) is 11.7. The Balaban J connectivity index is 2.01. The van der Waals surface area contributed by atoms with Crippen LogP contribution in [0.1, 0.15) is 33.2 Å². The number of benzene rings is 2. The monoisotopic (exact) mass is 312 g/mol. The summed E-state index contributed by atoms with van der Waals surface area (Å²) in [5.41, 5.74) is 2.08. The molecule has 0 amide bonds. The fourth-order valence-corrected chi connectivity index (χ4v) is 2.83. The van der Waals surface area contributed by atoms with E-state index in [-0.39, 0.29) is 5.56 Å². The Hall–Kier alpha value is -1.52. The highest BCUT2D eigenvalue weighted by Gasteiger charge is 2.35. The zero-order valence-electron chi connectivity index (χ0n) is 11.0. The van der Waals surface area contributed by atoms with Crippen molar-refractivity contribution < 1.29 is 17.9 Å². The number of ether oxygens (including phenoxy) is 1. The zero-order chi connectivity index (χ0) is 15.0. The smallest absolute Gasteiger partial charge is 0.372 e. The molecule has 0 fully saturated rings. The topological polar surface area (TPSA) is 9.23 Å². The second-order valence-electron chi connectivity index (χ2n) is 4.97. The molecule has 3 rings (SSSR count). The fraction of sp³-hybridized carbons (Fsp3) is 0.250. The van der Waals surface area contributed by atoms with Gasteiger partial charge in [-0.25, -0.2) is 0 Å². The molecule has 1 nitrogen and oxygen atoms in total. The molecule has 2 aromatic rings. The molecule has 1 heterocycles. The minimum Gasteiger partial charge on any atom is -0.372 e. The quantitative estimate of drug-likeness (QED) is 0.704. The number of alkyl halides is 4. The second-order valence-corrected chi connectivity index (χ2v) is 5.40. The minimum absolute atomic E-state index is 0.0746. The van der Waals surface area contributed by atoms with Crippen molar-refractivity contribution in [2.75, 3.05) is 0 Å². The van der Waals surface area contributed by atoms with Gasteiger partial charge >= 0.3 is 6.18 Å². The molecular weight excluding hydrogens is 301 g/mol. The van der Waals surface area contributed by atoms with Gasteiger partial charge in [0, 0.05) is 0 Å². The molecule has 110 valence electrons. The molecule has 0 saturated carbocycles. The molecule has 1 atom stereocenters. The van der Waals surface area contributed by atoms with Crippen LogP contribution in [0.5, 0.6) is 0 Å². The summed E-state index contributed by atoms with van der Waals surface area (Å²) in [6, 6.07) is 10.9. The van der Waals surface area contributed by atoms with Crippen molar-refractivity contribution in [1.82, 2.24) is 0 Å². The minimum atomic E-state index is -4.41. The molecule has 0 aliphatic carbocycles. The molecule has 2 aromatic carbocycles. The molecule has 0 bridgehead atoms. The fourth-order valence-electron chi connectivity index (χ4n) is 2.51. The van der Waals surface area contributed by atoms with Crippen LogP contribution in [0, 0.1) is 0 Å². The van der Waals surface area contributed by atoms with Crippen LogP contribution in [0.15, 0.2) is 42.5 Å². The standard InChI is InChI=1S/C16H12ClF3O/c17-15(10-5-6-11-8-21-9-12(11)7-10)13-3-1-2-4-14(13)16(18,19)20/h1-7,15H,8-9H2. The molecule has 5 heteroatoms. The summed E-state index contributed by atoms with van der Waals surface area (Å²) >= 11 is 6.30. The third-order valence-electron chi connectivity index (χ3n) is 3.58. The Kier molecular flexibility index (Phi) is 3.68. The summed E-state index contributed by atoms with van der Waals surface area (Å²) in [7, 11) is 0. The second kappa shape index (κ2) is 5.35. The van der Waals surface area contributed by atoms with Crippen molar-refractivity contribution in [2.24, 2.45) is 0 Å². The van der Waals surface area contributed by atoms with Crippen LogP contribution >= 0.6 is 11.6 Å². The van der Waals surface area contributed by atoms with E-state index < -0.39 is 17.1 Å². The van der Waals surface area contributed by atoms with E-state index >= 15 is 0 Å². The first-order valence-electron chi connectivity index (χ1n) is 6.46. The van der Waals surface area contributed by atoms with Gasteiger partial charge in [-0.2, -0.15) is 13.2 Å². The van der Waals surface area contributed by atoms with Crippen molar-refractivity contribution in [3.8, 4) is 0 Å². The van der Waals surface area contributed by atoms with E-state index in [9.17, 15) is 13.2 Å². The molecule has 21 heavy (non-hydrogen) atoms. The maximum atomic E-state index is 13.1. The number of halogens is 4. The normalized spacial score (nSPS) is 15.8. The Morgan fingerprint density at radius 1 is 1.00 bits per heavy atom. The molecule has 1 aliphatic heterocycles. The van der Waals surface area contributed by atoms with Gasteiger partial charge in [0.1, 0.15) is 0 Å². The van der Waals surface area contributed by atoms with E-state index in [2.05, 4.69) is 0 Å². The summed E-state index contributed by atoms with van der Waals surface area (Å²) in [6.45, 7) is 1.02. The van der Waals surface area contributed by atoms with E-state index in [0.29, 0.717) is 18.8 Å². The maximum absolute atomic E-state index is 13.1. The van der Waals surface area contributed by atoms with Crippen molar-refractivity contribution in [3.05, 3.63) is 70.3 Å². The summed E-state index contributed by atoms with van der Waals surface area (Å²) in [5, 5.41) is -0.839. The SMILES string of the molecule is FC(F)(F)c1ccccc1C(Cl)c1ccc2c(c1)COC2. The first-order valence-corrected chi connectivity index (χ1v) is 6.90. The average Bonchev–Trinajstić information content (AvgIpc) is 2.93. The summed E-state index contributed by atoms with van der Waals surface area (Å²) < 4.78 is 44.5.